The Labute approximate surface area is 517 Å². The highest BCUT2D eigenvalue weighted by Gasteiger charge is 2.41. The SMILES string of the molecule is CCO[C@H](C(=O)O)[C@@H](CCCc1ccc(-c2ccccc2)c(C)c1)C(=O)N[C@H](C(=O)N[C@H](C)c1ccccc1)C(C)(C)C.CCO[C@H](C(=O)OC)[C@@H](CCCc1ccc(-c2ccccc2)c(C)c1)C(=O)N[C@H](C(=O)N[C@H](C)c1ccccc1)C(C)(C)C. The zero-order valence-corrected chi connectivity index (χ0v) is 53.4. The van der Waals surface area contributed by atoms with Crippen molar-refractivity contribution in [3.8, 4) is 22.3 Å². The van der Waals surface area contributed by atoms with Gasteiger partial charge in [-0.1, -0.05) is 199 Å². The fourth-order valence-electron chi connectivity index (χ4n) is 10.8. The van der Waals surface area contributed by atoms with Gasteiger partial charge < -0.3 is 40.6 Å². The van der Waals surface area contributed by atoms with Gasteiger partial charge in [-0.3, -0.25) is 19.2 Å². The minimum absolute atomic E-state index is 0.151. The van der Waals surface area contributed by atoms with E-state index >= 15 is 0 Å². The van der Waals surface area contributed by atoms with Crippen LogP contribution in [0.3, 0.4) is 0 Å². The summed E-state index contributed by atoms with van der Waals surface area (Å²) >= 11 is 0. The van der Waals surface area contributed by atoms with Gasteiger partial charge in [-0.25, -0.2) is 9.59 Å². The van der Waals surface area contributed by atoms with Crippen molar-refractivity contribution in [1.29, 1.82) is 0 Å². The first-order chi connectivity index (χ1) is 41.4. The van der Waals surface area contributed by atoms with Gasteiger partial charge in [0.1, 0.15) is 12.1 Å². The third-order valence-corrected chi connectivity index (χ3v) is 15.6. The molecule has 0 bridgehead atoms. The predicted molar refractivity (Wildman–Crippen MR) is 345 cm³/mol. The van der Waals surface area contributed by atoms with Gasteiger partial charge in [0.05, 0.1) is 31.0 Å². The maximum absolute atomic E-state index is 13.9. The zero-order valence-electron chi connectivity index (χ0n) is 53.4. The van der Waals surface area contributed by atoms with Crippen molar-refractivity contribution in [3.63, 3.8) is 0 Å². The van der Waals surface area contributed by atoms with Crippen LogP contribution >= 0.6 is 0 Å². The van der Waals surface area contributed by atoms with Gasteiger partial charge in [0.15, 0.2) is 12.2 Å². The van der Waals surface area contributed by atoms with Gasteiger partial charge in [-0.05, 0) is 147 Å². The first-order valence-corrected chi connectivity index (χ1v) is 30.5. The third kappa shape index (κ3) is 21.2. The van der Waals surface area contributed by atoms with Crippen LogP contribution in [0.25, 0.3) is 22.3 Å². The van der Waals surface area contributed by atoms with Crippen molar-refractivity contribution in [1.82, 2.24) is 21.3 Å². The number of carboxylic acids is 1. The van der Waals surface area contributed by atoms with Gasteiger partial charge in [0.2, 0.25) is 23.6 Å². The number of carbonyl (C=O) groups excluding carboxylic acids is 5. The lowest BCUT2D eigenvalue weighted by Gasteiger charge is -2.33. The largest absolute Gasteiger partial charge is 0.479 e. The lowest BCUT2D eigenvalue weighted by molar-refractivity contribution is -0.161. The molecule has 0 aliphatic carbocycles. The van der Waals surface area contributed by atoms with E-state index in [0.29, 0.717) is 32.1 Å². The highest BCUT2D eigenvalue weighted by atomic mass is 16.6. The molecule has 6 aromatic carbocycles. The van der Waals surface area contributed by atoms with Crippen LogP contribution in [0.15, 0.2) is 158 Å². The zero-order chi connectivity index (χ0) is 63.8. The Bertz CT molecular complexity index is 3140. The monoisotopic (exact) mass is 1190 g/mol. The van der Waals surface area contributed by atoms with Gasteiger partial charge in [-0.2, -0.15) is 0 Å². The van der Waals surface area contributed by atoms with Crippen LogP contribution in [0.2, 0.25) is 0 Å². The predicted octanol–water partition coefficient (Wildman–Crippen LogP) is 13.1. The number of rotatable bonds is 28. The lowest BCUT2D eigenvalue weighted by Crippen LogP contribution is -2.56. The van der Waals surface area contributed by atoms with Crippen LogP contribution < -0.4 is 21.3 Å². The number of benzene rings is 6. The summed E-state index contributed by atoms with van der Waals surface area (Å²) in [7, 11) is 1.29. The highest BCUT2D eigenvalue weighted by molar-refractivity contribution is 5.93. The topological polar surface area (TPSA) is 198 Å². The average Bonchev–Trinajstić information content (AvgIpc) is 1.72. The van der Waals surface area contributed by atoms with Crippen LogP contribution in [0, 0.1) is 36.5 Å². The maximum Gasteiger partial charge on any atom is 0.335 e. The fourth-order valence-corrected chi connectivity index (χ4v) is 10.8. The molecule has 87 heavy (non-hydrogen) atoms. The standard InChI is InChI=1S/C37H48N2O5.C36H46N2O5/c1-8-44-32(36(42)43-7)31(21-15-16-27-22-23-30(25(2)24-27)29-19-13-10-14-20-29)34(40)39-33(37(4,5)6)35(41)38-26(3)28-17-11-9-12-18-28;1-7-43-31(35(41)42)30(20-14-15-26-21-22-29(24(2)23-26)28-18-12-9-13-19-28)33(39)38-32(36(4,5)6)34(40)37-25(3)27-16-10-8-11-17-27/h9-14,17-20,22-24,26,31-33H,8,15-16,21H2,1-7H3,(H,38,41)(H,39,40);8-13,16-19,21-23,25,30-32H,7,14-15,20H2,1-6H3,(H,37,40)(H,38,39)(H,41,42)/t26-,31-,32+,33-;25-,30-,31+,32-/m11/s1. The van der Waals surface area contributed by atoms with Crippen molar-refractivity contribution >= 4 is 35.6 Å². The van der Waals surface area contributed by atoms with Crippen LogP contribution in [0.1, 0.15) is 140 Å². The molecule has 0 unspecified atom stereocenters. The molecule has 5 N–H and O–H groups in total. The van der Waals surface area contributed by atoms with E-state index in [2.05, 4.69) is 95.8 Å². The summed E-state index contributed by atoms with van der Waals surface area (Å²) < 4.78 is 16.4. The second-order valence-electron chi connectivity index (χ2n) is 24.5. The minimum Gasteiger partial charge on any atom is -0.479 e. The van der Waals surface area contributed by atoms with Crippen LogP contribution in [-0.4, -0.2) is 85.3 Å². The van der Waals surface area contributed by atoms with E-state index in [1.165, 1.54) is 23.8 Å². The molecule has 0 saturated carbocycles. The normalized spacial score (nSPS) is 14.2. The second-order valence-corrected chi connectivity index (χ2v) is 24.5. The molecule has 6 rings (SSSR count). The number of hydrogen-bond acceptors (Lipinski definition) is 9. The molecule has 0 saturated heterocycles. The number of esters is 1. The lowest BCUT2D eigenvalue weighted by atomic mass is 9.84. The maximum atomic E-state index is 13.9. The van der Waals surface area contributed by atoms with Crippen molar-refractivity contribution in [2.75, 3.05) is 20.3 Å². The number of nitrogens with one attached hydrogen (secondary N) is 4. The average molecular weight is 1190 g/mol. The van der Waals surface area contributed by atoms with E-state index in [1.54, 1.807) is 13.8 Å². The number of hydrogen-bond donors (Lipinski definition) is 5. The molecule has 466 valence electrons. The Morgan fingerprint density at radius 1 is 0.471 bits per heavy atom. The Morgan fingerprint density at radius 2 is 0.816 bits per heavy atom. The number of carboxylic acid groups (broad SMARTS) is 1. The molecule has 0 radical (unpaired) electrons. The number of methoxy groups -OCH3 is 1. The van der Waals surface area contributed by atoms with Crippen molar-refractivity contribution in [2.24, 2.45) is 22.7 Å². The van der Waals surface area contributed by atoms with Crippen LogP contribution in [0.5, 0.6) is 0 Å². The smallest absolute Gasteiger partial charge is 0.335 e. The van der Waals surface area contributed by atoms with Crippen LogP contribution in [0.4, 0.5) is 0 Å². The number of amides is 4. The first-order valence-electron chi connectivity index (χ1n) is 30.5. The summed E-state index contributed by atoms with van der Waals surface area (Å²) in [5.41, 5.74) is 9.95. The molecule has 14 heteroatoms. The van der Waals surface area contributed by atoms with Crippen molar-refractivity contribution in [2.45, 2.75) is 158 Å². The molecule has 0 aliphatic rings. The van der Waals surface area contributed by atoms with E-state index in [9.17, 15) is 33.9 Å². The summed E-state index contributed by atoms with van der Waals surface area (Å²) in [5.74, 6) is -5.13. The molecule has 6 aromatic rings. The molecular weight excluding hydrogens is 1090 g/mol. The number of aliphatic carboxylic acids is 1. The summed E-state index contributed by atoms with van der Waals surface area (Å²) in [4.78, 5) is 79.7. The molecule has 0 heterocycles. The Kier molecular flexibility index (Phi) is 27.2. The molecular formula is C73H94N4O10. The summed E-state index contributed by atoms with van der Waals surface area (Å²) in [6.45, 7) is 23.2. The summed E-state index contributed by atoms with van der Waals surface area (Å²) in [5, 5.41) is 21.9. The quantitative estimate of drug-likeness (QED) is 0.0295. The Morgan fingerprint density at radius 3 is 1.14 bits per heavy atom. The molecule has 0 aromatic heterocycles. The molecule has 8 atom stereocenters. The van der Waals surface area contributed by atoms with Gasteiger partial charge in [-0.15, -0.1) is 0 Å². The number of ether oxygens (including phenoxy) is 3. The number of aryl methyl sites for hydroxylation is 4. The minimum atomic E-state index is -1.32. The van der Waals surface area contributed by atoms with Crippen molar-refractivity contribution in [3.05, 3.63) is 191 Å². The van der Waals surface area contributed by atoms with E-state index in [0.717, 1.165) is 45.4 Å². The second kappa shape index (κ2) is 33.8. The molecule has 0 aliphatic heterocycles. The third-order valence-electron chi connectivity index (χ3n) is 15.6. The molecule has 0 spiro atoms. The van der Waals surface area contributed by atoms with E-state index in [-0.39, 0.29) is 37.1 Å². The Hall–Kier alpha value is -7.94. The van der Waals surface area contributed by atoms with Crippen LogP contribution in [-0.2, 0) is 55.8 Å². The van der Waals surface area contributed by atoms with Crippen molar-refractivity contribution < 1.29 is 48.1 Å². The summed E-state index contributed by atoms with van der Waals surface area (Å²) in [6.07, 6.45) is 0.883. The van der Waals surface area contributed by atoms with Gasteiger partial charge in [0.25, 0.3) is 0 Å². The highest BCUT2D eigenvalue weighted by Crippen LogP contribution is 2.30. The Balaban J connectivity index is 0.000000317. The molecule has 0 fully saturated rings. The van der Waals surface area contributed by atoms with Gasteiger partial charge in [0, 0.05) is 13.2 Å². The molecule has 4 amide bonds. The fraction of sp³-hybridized carbons (Fsp3) is 0.425. The van der Waals surface area contributed by atoms with Gasteiger partial charge >= 0.3 is 11.9 Å². The first kappa shape index (κ1) is 69.8. The summed E-state index contributed by atoms with van der Waals surface area (Å²) in [6, 6.07) is 50.2. The van der Waals surface area contributed by atoms with E-state index in [4.69, 9.17) is 14.2 Å². The van der Waals surface area contributed by atoms with E-state index in [1.807, 2.05) is 152 Å². The van der Waals surface area contributed by atoms with E-state index < -0.39 is 70.7 Å². The molecule has 14 nitrogen and oxygen atoms in total. The number of carbonyl (C=O) groups is 6.